The van der Waals surface area contributed by atoms with Crippen LogP contribution in [0.15, 0.2) is 36.5 Å². The number of benzene rings is 1. The van der Waals surface area contributed by atoms with Crippen molar-refractivity contribution >= 4 is 11.0 Å². The van der Waals surface area contributed by atoms with Gasteiger partial charge in [0.1, 0.15) is 11.6 Å². The maximum absolute atomic E-state index is 5.74. The number of ether oxygens (including phenoxy) is 1. The minimum atomic E-state index is 0. The quantitative estimate of drug-likeness (QED) is 0.518. The number of methoxy groups -OCH3 is 1. The van der Waals surface area contributed by atoms with Crippen molar-refractivity contribution in [2.24, 2.45) is 5.73 Å². The van der Waals surface area contributed by atoms with E-state index in [1.165, 1.54) is 17.7 Å². The lowest BCUT2D eigenvalue weighted by molar-refractivity contribution is 0.159. The molecule has 1 aromatic carbocycles. The first-order chi connectivity index (χ1) is 13.8. The molecule has 1 unspecified atom stereocenters. The molecule has 3 aromatic rings. The molecule has 0 bridgehead atoms. The second-order valence-corrected chi connectivity index (χ2v) is 7.49. The third-order valence-corrected chi connectivity index (χ3v) is 5.58. The van der Waals surface area contributed by atoms with Crippen LogP contribution in [0.2, 0.25) is 0 Å². The summed E-state index contributed by atoms with van der Waals surface area (Å²) >= 11 is 0. The largest absolute Gasteiger partial charge is 0.495 e. The summed E-state index contributed by atoms with van der Waals surface area (Å²) in [5.74, 6) is 1.85. The van der Waals surface area contributed by atoms with Gasteiger partial charge in [0, 0.05) is 0 Å². The average Bonchev–Trinajstić information content (AvgIpc) is 3.14. The van der Waals surface area contributed by atoms with Gasteiger partial charge in [0.2, 0.25) is 0 Å². The molecule has 1 aliphatic rings. The summed E-state index contributed by atoms with van der Waals surface area (Å²) in [6, 6.07) is 10.7. The molecule has 1 aliphatic carbocycles. The highest BCUT2D eigenvalue weighted by molar-refractivity contribution is 5.74. The zero-order chi connectivity index (χ0) is 19.3. The minimum Gasteiger partial charge on any atom is -0.495 e. The number of hydrogen-bond acceptors (Lipinski definition) is 5. The van der Waals surface area contributed by atoms with Crippen molar-refractivity contribution in [2.75, 3.05) is 20.2 Å². The Balaban J connectivity index is 0.00000160. The number of H-pyrrole nitrogens is 1. The van der Waals surface area contributed by atoms with Crippen LogP contribution in [0.25, 0.3) is 11.0 Å². The second kappa shape index (κ2) is 11.1. The maximum atomic E-state index is 5.74. The molecule has 0 amide bonds. The van der Waals surface area contributed by atoms with Gasteiger partial charge >= 0.3 is 0 Å². The molecule has 0 aliphatic heterocycles. The number of pyridine rings is 1. The molecule has 0 fully saturated rings. The lowest BCUT2D eigenvalue weighted by atomic mass is 9.90. The number of nitrogens with zero attached hydrogens (tertiary/aromatic N) is 3. The topological polar surface area (TPSA) is 80.1 Å². The molecule has 4 rings (SSSR count). The van der Waals surface area contributed by atoms with Gasteiger partial charge in [0.05, 0.1) is 42.6 Å². The summed E-state index contributed by atoms with van der Waals surface area (Å²) in [4.78, 5) is 15.6. The third kappa shape index (κ3) is 5.18. The molecule has 0 spiro atoms. The van der Waals surface area contributed by atoms with E-state index < -0.39 is 0 Å². The summed E-state index contributed by atoms with van der Waals surface area (Å²) < 4.78 is 5.38. The van der Waals surface area contributed by atoms with Gasteiger partial charge in [0.25, 0.3) is 0 Å². The fourth-order valence-corrected chi connectivity index (χ4v) is 4.17. The number of aromatic nitrogens is 3. The van der Waals surface area contributed by atoms with Crippen molar-refractivity contribution in [3.8, 4) is 5.75 Å². The molecule has 30 heavy (non-hydrogen) atoms. The van der Waals surface area contributed by atoms with E-state index in [0.29, 0.717) is 6.04 Å². The Morgan fingerprint density at radius 2 is 2.07 bits per heavy atom. The van der Waals surface area contributed by atoms with E-state index in [9.17, 15) is 0 Å². The van der Waals surface area contributed by atoms with E-state index >= 15 is 0 Å². The van der Waals surface area contributed by atoms with Crippen LogP contribution in [-0.2, 0) is 13.0 Å². The monoisotopic (exact) mass is 411 g/mol. The van der Waals surface area contributed by atoms with Crippen molar-refractivity contribution < 1.29 is 4.74 Å². The van der Waals surface area contributed by atoms with Crippen molar-refractivity contribution in [2.45, 2.75) is 59.5 Å². The van der Waals surface area contributed by atoms with E-state index in [1.807, 2.05) is 18.3 Å². The molecule has 0 radical (unpaired) electrons. The number of rotatable bonds is 8. The fourth-order valence-electron chi connectivity index (χ4n) is 4.17. The number of nitrogens with two attached hydrogens (primary N) is 1. The molecular formula is C24H37N5O. The van der Waals surface area contributed by atoms with Crippen LogP contribution < -0.4 is 10.5 Å². The van der Waals surface area contributed by atoms with E-state index in [4.69, 9.17) is 20.4 Å². The number of imidazole rings is 1. The summed E-state index contributed by atoms with van der Waals surface area (Å²) in [6.45, 7) is 2.51. The number of fused-ring (bicyclic) bond motifs is 2. The third-order valence-electron chi connectivity index (χ3n) is 5.58. The van der Waals surface area contributed by atoms with Crippen molar-refractivity contribution in [1.29, 1.82) is 0 Å². The Morgan fingerprint density at radius 3 is 2.83 bits per heavy atom. The molecule has 6 nitrogen and oxygen atoms in total. The highest BCUT2D eigenvalue weighted by Gasteiger charge is 2.28. The van der Waals surface area contributed by atoms with Crippen LogP contribution in [-0.4, -0.2) is 40.1 Å². The van der Waals surface area contributed by atoms with Gasteiger partial charge in [-0.3, -0.25) is 9.88 Å². The molecule has 3 N–H and O–H groups in total. The van der Waals surface area contributed by atoms with Gasteiger partial charge in [-0.15, -0.1) is 0 Å². The molecule has 164 valence electrons. The highest BCUT2D eigenvalue weighted by atomic mass is 16.5. The lowest BCUT2D eigenvalue weighted by Gasteiger charge is -2.34. The van der Waals surface area contributed by atoms with Crippen LogP contribution in [0.1, 0.15) is 63.7 Å². The Kier molecular flexibility index (Phi) is 8.81. The summed E-state index contributed by atoms with van der Waals surface area (Å²) in [5.41, 5.74) is 10.4. The summed E-state index contributed by atoms with van der Waals surface area (Å²) in [5, 5.41) is 0. The first kappa shape index (κ1) is 23.8. The van der Waals surface area contributed by atoms with E-state index in [2.05, 4.69) is 28.1 Å². The zero-order valence-electron chi connectivity index (χ0n) is 16.5. The molecule has 0 saturated heterocycles. The van der Waals surface area contributed by atoms with Gasteiger partial charge in [-0.2, -0.15) is 0 Å². The first-order valence-corrected chi connectivity index (χ1v) is 10.2. The zero-order valence-corrected chi connectivity index (χ0v) is 16.5. The molecular weight excluding hydrogens is 374 g/mol. The second-order valence-electron chi connectivity index (χ2n) is 7.49. The van der Waals surface area contributed by atoms with Gasteiger partial charge in [0.15, 0.2) is 0 Å². The number of aryl methyl sites for hydroxylation is 1. The SMILES string of the molecule is C.C.COc1cnc2c(c1)CCCC2N(CCCCN)Cc1nc2ccccc2[nH]1. The molecule has 2 heterocycles. The Morgan fingerprint density at radius 1 is 1.23 bits per heavy atom. The normalized spacial score (nSPS) is 15.4. The lowest BCUT2D eigenvalue weighted by Crippen LogP contribution is -2.33. The van der Waals surface area contributed by atoms with E-state index in [0.717, 1.165) is 67.9 Å². The van der Waals surface area contributed by atoms with Crippen molar-refractivity contribution in [1.82, 2.24) is 19.9 Å². The summed E-state index contributed by atoms with van der Waals surface area (Å²) in [6.07, 6.45) is 7.31. The van der Waals surface area contributed by atoms with Gasteiger partial charge in [-0.25, -0.2) is 4.98 Å². The molecule has 2 aromatic heterocycles. The predicted octanol–water partition coefficient (Wildman–Crippen LogP) is 4.86. The number of nitrogens with one attached hydrogen (secondary N) is 1. The fraction of sp³-hybridized carbons (Fsp3) is 0.500. The standard InChI is InChI=1S/C22H29N5O.2CH4/c1-28-17-13-16-7-6-10-20(22(16)24-14-17)27(12-5-4-11-23)15-21-25-18-8-2-3-9-19(18)26-21;;/h2-3,8-9,13-14,20H,4-7,10-12,15,23H2,1H3,(H,25,26);2*1H4. The van der Waals surface area contributed by atoms with E-state index in [1.54, 1.807) is 7.11 Å². The number of para-hydroxylation sites is 2. The van der Waals surface area contributed by atoms with Crippen LogP contribution in [0.4, 0.5) is 0 Å². The Bertz CT molecular complexity index is 890. The highest BCUT2D eigenvalue weighted by Crippen LogP contribution is 2.35. The maximum Gasteiger partial charge on any atom is 0.137 e. The van der Waals surface area contributed by atoms with Crippen LogP contribution >= 0.6 is 0 Å². The Labute approximate surface area is 180 Å². The summed E-state index contributed by atoms with van der Waals surface area (Å²) in [7, 11) is 1.70. The minimum absolute atomic E-state index is 0. The van der Waals surface area contributed by atoms with Crippen LogP contribution in [0.5, 0.6) is 5.75 Å². The van der Waals surface area contributed by atoms with Crippen LogP contribution in [0, 0.1) is 0 Å². The first-order valence-electron chi connectivity index (χ1n) is 10.2. The number of aromatic amines is 1. The van der Waals surface area contributed by atoms with Gasteiger partial charge in [-0.1, -0.05) is 27.0 Å². The van der Waals surface area contributed by atoms with Gasteiger partial charge in [-0.05, 0) is 69.0 Å². The molecule has 0 saturated carbocycles. The smallest absolute Gasteiger partial charge is 0.137 e. The van der Waals surface area contributed by atoms with Gasteiger partial charge < -0.3 is 15.5 Å². The van der Waals surface area contributed by atoms with Crippen LogP contribution in [0.3, 0.4) is 0 Å². The molecule has 1 atom stereocenters. The van der Waals surface area contributed by atoms with E-state index in [-0.39, 0.29) is 14.9 Å². The molecule has 6 heteroatoms. The average molecular weight is 412 g/mol. The number of unbranched alkanes of at least 4 members (excludes halogenated alkanes) is 1. The van der Waals surface area contributed by atoms with Crippen molar-refractivity contribution in [3.63, 3.8) is 0 Å². The predicted molar refractivity (Wildman–Crippen MR) is 125 cm³/mol. The van der Waals surface area contributed by atoms with Crippen molar-refractivity contribution in [3.05, 3.63) is 53.6 Å². The number of hydrogen-bond donors (Lipinski definition) is 2. The Hall–Kier alpha value is -2.44.